The highest BCUT2D eigenvalue weighted by Gasteiger charge is 2.13. The molecule has 152 valence electrons. The van der Waals surface area contributed by atoms with Gasteiger partial charge in [-0.25, -0.2) is 8.78 Å². The van der Waals surface area contributed by atoms with E-state index in [1.54, 1.807) is 0 Å². The third-order valence-corrected chi connectivity index (χ3v) is 3.98. The van der Waals surface area contributed by atoms with Crippen molar-refractivity contribution in [3.63, 3.8) is 0 Å². The van der Waals surface area contributed by atoms with Gasteiger partial charge in [0.2, 0.25) is 0 Å². The number of guanidine groups is 1. The number of benzene rings is 1. The first-order chi connectivity index (χ1) is 13.2. The summed E-state index contributed by atoms with van der Waals surface area (Å²) < 4.78 is 42.8. The zero-order chi connectivity index (χ0) is 19.3. The summed E-state index contributed by atoms with van der Waals surface area (Å²) in [6, 6.07) is 3.25. The molecule has 0 atom stereocenters. The molecule has 0 aromatic heterocycles. The van der Waals surface area contributed by atoms with Gasteiger partial charge in [0, 0.05) is 39.0 Å². The molecule has 0 bridgehead atoms. The van der Waals surface area contributed by atoms with Crippen molar-refractivity contribution >= 4 is 5.96 Å². The van der Waals surface area contributed by atoms with E-state index in [-0.39, 0.29) is 12.4 Å². The van der Waals surface area contributed by atoms with Crippen LogP contribution in [0.25, 0.3) is 0 Å². The second kappa shape index (κ2) is 12.5. The summed E-state index contributed by atoms with van der Waals surface area (Å²) in [6.45, 7) is 6.28. The molecule has 8 heteroatoms. The monoisotopic (exact) mass is 385 g/mol. The Morgan fingerprint density at radius 1 is 1.22 bits per heavy atom. The van der Waals surface area contributed by atoms with E-state index < -0.39 is 11.6 Å². The van der Waals surface area contributed by atoms with E-state index in [4.69, 9.17) is 14.2 Å². The van der Waals surface area contributed by atoms with Crippen molar-refractivity contribution in [2.24, 2.45) is 4.99 Å². The zero-order valence-electron chi connectivity index (χ0n) is 15.8. The molecule has 1 aromatic rings. The minimum Gasteiger partial charge on any atom is -0.489 e. The molecule has 1 aromatic carbocycles. The molecule has 0 aliphatic carbocycles. The van der Waals surface area contributed by atoms with E-state index in [0.717, 1.165) is 45.1 Å². The van der Waals surface area contributed by atoms with Gasteiger partial charge in [-0.05, 0) is 38.3 Å². The van der Waals surface area contributed by atoms with Gasteiger partial charge in [-0.3, -0.25) is 4.99 Å². The van der Waals surface area contributed by atoms with Crippen LogP contribution in [0.4, 0.5) is 8.78 Å². The summed E-state index contributed by atoms with van der Waals surface area (Å²) in [6.07, 6.45) is 3.06. The topological polar surface area (TPSA) is 64.1 Å². The largest absolute Gasteiger partial charge is 0.489 e. The van der Waals surface area contributed by atoms with Gasteiger partial charge in [0.15, 0.2) is 17.5 Å². The molecule has 0 spiro atoms. The number of aliphatic imine (C=N–C) groups is 1. The minimum atomic E-state index is -0.708. The van der Waals surface area contributed by atoms with Crippen molar-refractivity contribution in [2.75, 3.05) is 46.1 Å². The first-order valence-corrected chi connectivity index (χ1v) is 9.48. The SMILES string of the molecule is CCNC(=NCCCOC1CCOCC1)NCCOc1ccc(F)cc1F. The quantitative estimate of drug-likeness (QED) is 0.368. The van der Waals surface area contributed by atoms with Crippen LogP contribution in [-0.2, 0) is 9.47 Å². The summed E-state index contributed by atoms with van der Waals surface area (Å²) in [4.78, 5) is 4.48. The summed E-state index contributed by atoms with van der Waals surface area (Å²) in [5, 5.41) is 6.26. The standard InChI is InChI=1S/C19H29F2N3O3/c1-2-22-19(23-8-3-10-26-16-6-11-25-12-7-16)24-9-13-27-18-5-4-15(20)14-17(18)21/h4-5,14,16H,2-3,6-13H2,1H3,(H2,22,23,24). The molecule has 0 radical (unpaired) electrons. The van der Waals surface area contributed by atoms with Crippen molar-refractivity contribution in [3.05, 3.63) is 29.8 Å². The molecule has 1 aliphatic rings. The lowest BCUT2D eigenvalue weighted by atomic mass is 10.1. The van der Waals surface area contributed by atoms with Crippen molar-refractivity contribution in [1.82, 2.24) is 10.6 Å². The molecule has 1 heterocycles. The van der Waals surface area contributed by atoms with Crippen LogP contribution in [0.3, 0.4) is 0 Å². The lowest BCUT2D eigenvalue weighted by molar-refractivity contribution is -0.0318. The number of hydrogen-bond acceptors (Lipinski definition) is 4. The average molecular weight is 385 g/mol. The molecule has 2 N–H and O–H groups in total. The Bertz CT molecular complexity index is 581. The van der Waals surface area contributed by atoms with Gasteiger partial charge >= 0.3 is 0 Å². The van der Waals surface area contributed by atoms with Gasteiger partial charge in [-0.2, -0.15) is 0 Å². The molecule has 6 nitrogen and oxygen atoms in total. The van der Waals surface area contributed by atoms with Crippen molar-refractivity contribution in [3.8, 4) is 5.75 Å². The van der Waals surface area contributed by atoms with Crippen LogP contribution in [0.15, 0.2) is 23.2 Å². The minimum absolute atomic E-state index is 0.0328. The number of nitrogens with one attached hydrogen (secondary N) is 2. The van der Waals surface area contributed by atoms with E-state index >= 15 is 0 Å². The predicted octanol–water partition coefficient (Wildman–Crippen LogP) is 2.48. The molecule has 0 amide bonds. The molecule has 1 saturated heterocycles. The van der Waals surface area contributed by atoms with Crippen LogP contribution in [0.2, 0.25) is 0 Å². The van der Waals surface area contributed by atoms with Gasteiger partial charge in [0.1, 0.15) is 12.4 Å². The van der Waals surface area contributed by atoms with E-state index in [1.807, 2.05) is 6.92 Å². The fraction of sp³-hybridized carbons (Fsp3) is 0.632. The maximum atomic E-state index is 13.5. The fourth-order valence-electron chi connectivity index (χ4n) is 2.61. The maximum Gasteiger partial charge on any atom is 0.191 e. The third-order valence-electron chi connectivity index (χ3n) is 3.98. The Morgan fingerprint density at radius 2 is 2.04 bits per heavy atom. The Labute approximate surface area is 159 Å². The molecule has 1 fully saturated rings. The molecule has 27 heavy (non-hydrogen) atoms. The van der Waals surface area contributed by atoms with Gasteiger partial charge < -0.3 is 24.8 Å². The first-order valence-electron chi connectivity index (χ1n) is 9.48. The summed E-state index contributed by atoms with van der Waals surface area (Å²) in [7, 11) is 0. The Morgan fingerprint density at radius 3 is 2.78 bits per heavy atom. The molecule has 0 unspecified atom stereocenters. The first kappa shape index (κ1) is 21.4. The van der Waals surface area contributed by atoms with Gasteiger partial charge in [-0.15, -0.1) is 0 Å². The van der Waals surface area contributed by atoms with E-state index in [9.17, 15) is 8.78 Å². The lowest BCUT2D eigenvalue weighted by Crippen LogP contribution is -2.39. The predicted molar refractivity (Wildman–Crippen MR) is 100 cm³/mol. The van der Waals surface area contributed by atoms with E-state index in [1.165, 1.54) is 12.1 Å². The molecule has 1 aliphatic heterocycles. The number of ether oxygens (including phenoxy) is 3. The number of halogens is 2. The van der Waals surface area contributed by atoms with Crippen LogP contribution < -0.4 is 15.4 Å². The van der Waals surface area contributed by atoms with Crippen molar-refractivity contribution < 1.29 is 23.0 Å². The number of hydrogen-bond donors (Lipinski definition) is 2. The third kappa shape index (κ3) is 8.53. The van der Waals surface area contributed by atoms with Gasteiger partial charge in [0.05, 0.1) is 12.6 Å². The maximum absolute atomic E-state index is 13.5. The van der Waals surface area contributed by atoms with Crippen LogP contribution in [-0.4, -0.2) is 58.1 Å². The molecular formula is C19H29F2N3O3. The Kier molecular flexibility index (Phi) is 9.86. The Hall–Kier alpha value is -1.93. The fourth-order valence-corrected chi connectivity index (χ4v) is 2.61. The van der Waals surface area contributed by atoms with Gasteiger partial charge in [0.25, 0.3) is 0 Å². The Balaban J connectivity index is 1.62. The van der Waals surface area contributed by atoms with E-state index in [0.29, 0.717) is 31.8 Å². The lowest BCUT2D eigenvalue weighted by Gasteiger charge is -2.22. The number of nitrogens with zero attached hydrogens (tertiary/aromatic N) is 1. The molecule has 2 rings (SSSR count). The van der Waals surface area contributed by atoms with Crippen LogP contribution >= 0.6 is 0 Å². The highest BCUT2D eigenvalue weighted by molar-refractivity contribution is 5.79. The zero-order valence-corrected chi connectivity index (χ0v) is 15.8. The molecule has 0 saturated carbocycles. The summed E-state index contributed by atoms with van der Waals surface area (Å²) >= 11 is 0. The van der Waals surface area contributed by atoms with Gasteiger partial charge in [-0.1, -0.05) is 0 Å². The molecular weight excluding hydrogens is 356 g/mol. The summed E-state index contributed by atoms with van der Waals surface area (Å²) in [5.74, 6) is -0.627. The van der Waals surface area contributed by atoms with Crippen molar-refractivity contribution in [1.29, 1.82) is 0 Å². The highest BCUT2D eigenvalue weighted by Crippen LogP contribution is 2.17. The second-order valence-corrected chi connectivity index (χ2v) is 6.15. The highest BCUT2D eigenvalue weighted by atomic mass is 19.1. The normalized spacial score (nSPS) is 15.6. The second-order valence-electron chi connectivity index (χ2n) is 6.15. The average Bonchev–Trinajstić information content (AvgIpc) is 2.67. The van der Waals surface area contributed by atoms with E-state index in [2.05, 4.69) is 15.6 Å². The van der Waals surface area contributed by atoms with Crippen LogP contribution in [0, 0.1) is 11.6 Å². The van der Waals surface area contributed by atoms with Crippen LogP contribution in [0.5, 0.6) is 5.75 Å². The smallest absolute Gasteiger partial charge is 0.191 e. The van der Waals surface area contributed by atoms with Crippen LogP contribution in [0.1, 0.15) is 26.2 Å². The number of rotatable bonds is 10. The summed E-state index contributed by atoms with van der Waals surface area (Å²) in [5.41, 5.74) is 0. The van der Waals surface area contributed by atoms with Crippen molar-refractivity contribution in [2.45, 2.75) is 32.3 Å².